The van der Waals surface area contributed by atoms with E-state index >= 15 is 0 Å². The summed E-state index contributed by atoms with van der Waals surface area (Å²) < 4.78 is 1.88. The first-order valence-electron chi connectivity index (χ1n) is 6.72. The lowest BCUT2D eigenvalue weighted by Crippen LogP contribution is -1.99. The fraction of sp³-hybridized carbons (Fsp3) is 0.188. The molecule has 0 saturated heterocycles. The van der Waals surface area contributed by atoms with Crippen molar-refractivity contribution in [3.05, 3.63) is 77.9 Å². The van der Waals surface area contributed by atoms with Gasteiger partial charge in [-0.2, -0.15) is 0 Å². The van der Waals surface area contributed by atoms with Gasteiger partial charge >= 0.3 is 0 Å². The van der Waals surface area contributed by atoms with Crippen molar-refractivity contribution in [3.63, 3.8) is 0 Å². The minimum Gasteiger partial charge on any atom is -0.264 e. The second-order valence-electron chi connectivity index (χ2n) is 4.75. The summed E-state index contributed by atoms with van der Waals surface area (Å²) in [5.74, 6) is 0. The minimum atomic E-state index is 0.765. The lowest BCUT2D eigenvalue weighted by Gasteiger charge is -1.99. The van der Waals surface area contributed by atoms with Gasteiger partial charge in [-0.15, -0.1) is 5.10 Å². The summed E-state index contributed by atoms with van der Waals surface area (Å²) in [5, 5.41) is 8.39. The van der Waals surface area contributed by atoms with E-state index in [9.17, 15) is 0 Å². The normalized spacial score (nSPS) is 10.6. The summed E-state index contributed by atoms with van der Waals surface area (Å²) in [7, 11) is 0. The van der Waals surface area contributed by atoms with Crippen LogP contribution >= 0.6 is 0 Å². The fourth-order valence-corrected chi connectivity index (χ4v) is 2.12. The number of hydrogen-bond acceptors (Lipinski definition) is 3. The molecule has 0 unspecified atom stereocenters. The third kappa shape index (κ3) is 3.29. The van der Waals surface area contributed by atoms with E-state index < -0.39 is 0 Å². The van der Waals surface area contributed by atoms with Crippen LogP contribution in [0.3, 0.4) is 0 Å². The standard InChI is InChI=1S/C16H16N4/c1-2-5-15(6-3-1)12-20-13-16(18-19-20)9-8-14-7-4-10-17-11-14/h1-7,10-11,13H,8-9,12H2. The highest BCUT2D eigenvalue weighted by Crippen LogP contribution is 2.05. The fourth-order valence-electron chi connectivity index (χ4n) is 2.12. The van der Waals surface area contributed by atoms with Crippen molar-refractivity contribution >= 4 is 0 Å². The van der Waals surface area contributed by atoms with Gasteiger partial charge in [0.05, 0.1) is 12.2 Å². The van der Waals surface area contributed by atoms with Crippen molar-refractivity contribution in [3.8, 4) is 0 Å². The zero-order chi connectivity index (χ0) is 13.6. The highest BCUT2D eigenvalue weighted by Gasteiger charge is 2.02. The zero-order valence-electron chi connectivity index (χ0n) is 11.2. The zero-order valence-corrected chi connectivity index (χ0v) is 11.2. The van der Waals surface area contributed by atoms with E-state index in [0.29, 0.717) is 0 Å². The van der Waals surface area contributed by atoms with E-state index in [0.717, 1.165) is 25.1 Å². The van der Waals surface area contributed by atoms with Crippen LogP contribution < -0.4 is 0 Å². The van der Waals surface area contributed by atoms with Gasteiger partial charge in [0.15, 0.2) is 0 Å². The van der Waals surface area contributed by atoms with Crippen LogP contribution in [0, 0.1) is 0 Å². The molecule has 0 fully saturated rings. The molecule has 0 aliphatic rings. The molecule has 2 heterocycles. The van der Waals surface area contributed by atoms with Crippen molar-refractivity contribution in [2.75, 3.05) is 0 Å². The Balaban J connectivity index is 1.60. The van der Waals surface area contributed by atoms with Crippen LogP contribution in [0.2, 0.25) is 0 Å². The summed E-state index contributed by atoms with van der Waals surface area (Å²) in [5.41, 5.74) is 3.48. The maximum atomic E-state index is 4.22. The highest BCUT2D eigenvalue weighted by molar-refractivity contribution is 5.15. The maximum Gasteiger partial charge on any atom is 0.0830 e. The summed E-state index contributed by atoms with van der Waals surface area (Å²) >= 11 is 0. The van der Waals surface area contributed by atoms with Crippen LogP contribution in [0.15, 0.2) is 61.1 Å². The van der Waals surface area contributed by atoms with Crippen LogP contribution in [0.4, 0.5) is 0 Å². The quantitative estimate of drug-likeness (QED) is 0.711. The Labute approximate surface area is 118 Å². The average molecular weight is 264 g/mol. The van der Waals surface area contributed by atoms with Gasteiger partial charge in [-0.3, -0.25) is 4.98 Å². The topological polar surface area (TPSA) is 43.6 Å². The summed E-state index contributed by atoms with van der Waals surface area (Å²) in [4.78, 5) is 4.12. The smallest absolute Gasteiger partial charge is 0.0830 e. The molecule has 0 N–H and O–H groups in total. The summed E-state index contributed by atoms with van der Waals surface area (Å²) in [6.07, 6.45) is 7.54. The molecule has 0 aliphatic heterocycles. The van der Waals surface area contributed by atoms with Gasteiger partial charge < -0.3 is 0 Å². The summed E-state index contributed by atoms with van der Waals surface area (Å²) in [6, 6.07) is 14.3. The van der Waals surface area contributed by atoms with Crippen molar-refractivity contribution in [2.24, 2.45) is 0 Å². The monoisotopic (exact) mass is 264 g/mol. The second-order valence-corrected chi connectivity index (χ2v) is 4.75. The number of rotatable bonds is 5. The SMILES string of the molecule is c1ccc(Cn2cc(CCc3cccnc3)nn2)cc1. The first-order valence-corrected chi connectivity index (χ1v) is 6.72. The third-order valence-corrected chi connectivity index (χ3v) is 3.17. The molecule has 1 aromatic carbocycles. The predicted octanol–water partition coefficient (Wildman–Crippen LogP) is 2.51. The van der Waals surface area contributed by atoms with E-state index in [1.54, 1.807) is 6.20 Å². The van der Waals surface area contributed by atoms with Crippen LogP contribution in [-0.4, -0.2) is 20.0 Å². The van der Waals surface area contributed by atoms with Crippen molar-refractivity contribution < 1.29 is 0 Å². The lowest BCUT2D eigenvalue weighted by atomic mass is 10.1. The van der Waals surface area contributed by atoms with Gasteiger partial charge in [0.1, 0.15) is 0 Å². The number of nitrogens with zero attached hydrogens (tertiary/aromatic N) is 4. The number of aryl methyl sites for hydroxylation is 2. The molecule has 3 aromatic rings. The molecule has 4 nitrogen and oxygen atoms in total. The Morgan fingerprint density at radius 2 is 1.75 bits per heavy atom. The Bertz CT molecular complexity index is 647. The molecule has 100 valence electrons. The number of aromatic nitrogens is 4. The van der Waals surface area contributed by atoms with Crippen molar-refractivity contribution in [1.82, 2.24) is 20.0 Å². The van der Waals surface area contributed by atoms with E-state index in [-0.39, 0.29) is 0 Å². The molecular weight excluding hydrogens is 248 g/mol. The van der Waals surface area contributed by atoms with E-state index in [4.69, 9.17) is 0 Å². The van der Waals surface area contributed by atoms with Crippen LogP contribution in [0.5, 0.6) is 0 Å². The highest BCUT2D eigenvalue weighted by atomic mass is 15.4. The van der Waals surface area contributed by atoms with Crippen molar-refractivity contribution in [1.29, 1.82) is 0 Å². The Kier molecular flexibility index (Phi) is 3.83. The molecular formula is C16H16N4. The number of hydrogen-bond donors (Lipinski definition) is 0. The largest absolute Gasteiger partial charge is 0.264 e. The molecule has 0 amide bonds. The number of pyridine rings is 1. The van der Waals surface area contributed by atoms with Gasteiger partial charge in [0.25, 0.3) is 0 Å². The van der Waals surface area contributed by atoms with Crippen LogP contribution in [0.1, 0.15) is 16.8 Å². The van der Waals surface area contributed by atoms with Gasteiger partial charge in [0, 0.05) is 18.6 Å². The minimum absolute atomic E-state index is 0.765. The second kappa shape index (κ2) is 6.10. The predicted molar refractivity (Wildman–Crippen MR) is 77.2 cm³/mol. The first kappa shape index (κ1) is 12.5. The van der Waals surface area contributed by atoms with E-state index in [1.165, 1.54) is 11.1 Å². The van der Waals surface area contributed by atoms with Gasteiger partial charge in [0.2, 0.25) is 0 Å². The third-order valence-electron chi connectivity index (χ3n) is 3.17. The molecule has 4 heteroatoms. The van der Waals surface area contributed by atoms with Gasteiger partial charge in [-0.05, 0) is 30.0 Å². The molecule has 0 bridgehead atoms. The van der Waals surface area contributed by atoms with Gasteiger partial charge in [-0.25, -0.2) is 4.68 Å². The van der Waals surface area contributed by atoms with Crippen LogP contribution in [0.25, 0.3) is 0 Å². The van der Waals surface area contributed by atoms with E-state index in [2.05, 4.69) is 33.5 Å². The Hall–Kier alpha value is -2.49. The molecule has 0 radical (unpaired) electrons. The molecule has 2 aromatic heterocycles. The molecule has 0 aliphatic carbocycles. The molecule has 0 spiro atoms. The van der Waals surface area contributed by atoms with E-state index in [1.807, 2.05) is 41.3 Å². The summed E-state index contributed by atoms with van der Waals surface area (Å²) in [6.45, 7) is 0.765. The molecule has 0 atom stereocenters. The maximum absolute atomic E-state index is 4.22. The molecule has 0 saturated carbocycles. The van der Waals surface area contributed by atoms with Crippen LogP contribution in [-0.2, 0) is 19.4 Å². The van der Waals surface area contributed by atoms with Gasteiger partial charge in [-0.1, -0.05) is 41.6 Å². The average Bonchev–Trinajstić information content (AvgIpc) is 2.95. The lowest BCUT2D eigenvalue weighted by molar-refractivity contribution is 0.649. The first-order chi connectivity index (χ1) is 9.90. The number of benzene rings is 1. The molecule has 3 rings (SSSR count). The molecule has 20 heavy (non-hydrogen) atoms. The Morgan fingerprint density at radius 3 is 2.55 bits per heavy atom. The van der Waals surface area contributed by atoms with Crippen molar-refractivity contribution in [2.45, 2.75) is 19.4 Å². The Morgan fingerprint density at radius 1 is 0.900 bits per heavy atom.